The molecule has 0 saturated carbocycles. The molecule has 3 rings (SSSR count). The fourth-order valence-electron chi connectivity index (χ4n) is 4.27. The molecule has 1 heterocycles. The number of aliphatic hydroxyl groups excluding tert-OH is 1. The summed E-state index contributed by atoms with van der Waals surface area (Å²) in [5, 5.41) is 20.6. The van der Waals surface area contributed by atoms with Gasteiger partial charge in [-0.15, -0.1) is 0 Å². The smallest absolute Gasteiger partial charge is 0.306 e. The van der Waals surface area contributed by atoms with Gasteiger partial charge in [0.05, 0.1) is 18.6 Å². The number of rotatable bonds is 8. The van der Waals surface area contributed by atoms with E-state index in [1.165, 1.54) is 0 Å². The van der Waals surface area contributed by atoms with Crippen molar-refractivity contribution in [2.24, 2.45) is 0 Å². The second kappa shape index (κ2) is 10.7. The minimum atomic E-state index is -1.15. The summed E-state index contributed by atoms with van der Waals surface area (Å²) in [6.45, 7) is 3.61. The SMILES string of the molecule is CCC(CC(C)O)N1C(=O)C(CC(=O)O)OC(c2cccc(Cl)c2)C1c1ccc(Cl)cc1. The van der Waals surface area contributed by atoms with E-state index in [1.54, 1.807) is 42.2 Å². The molecule has 1 aliphatic rings. The second-order valence-corrected chi connectivity index (χ2v) is 8.96. The van der Waals surface area contributed by atoms with Crippen LogP contribution in [0.4, 0.5) is 0 Å². The number of amides is 1. The van der Waals surface area contributed by atoms with E-state index >= 15 is 0 Å². The number of morpholine rings is 1. The van der Waals surface area contributed by atoms with E-state index in [4.69, 9.17) is 27.9 Å². The molecule has 1 fully saturated rings. The highest BCUT2D eigenvalue weighted by Gasteiger charge is 2.47. The molecule has 5 atom stereocenters. The number of halogens is 2. The highest BCUT2D eigenvalue weighted by Crippen LogP contribution is 2.45. The van der Waals surface area contributed by atoms with Gasteiger partial charge in [0.25, 0.3) is 5.91 Å². The minimum Gasteiger partial charge on any atom is -0.481 e. The summed E-state index contributed by atoms with van der Waals surface area (Å²) in [4.78, 5) is 26.7. The summed E-state index contributed by atoms with van der Waals surface area (Å²) in [6.07, 6.45) is -1.95. The molecule has 2 aromatic rings. The van der Waals surface area contributed by atoms with Gasteiger partial charge in [0.15, 0.2) is 0 Å². The number of carbonyl (C=O) groups excluding carboxylic acids is 1. The summed E-state index contributed by atoms with van der Waals surface area (Å²) in [5.74, 6) is -1.53. The van der Waals surface area contributed by atoms with Crippen LogP contribution in [0.3, 0.4) is 0 Å². The van der Waals surface area contributed by atoms with Crippen LogP contribution in [0, 0.1) is 0 Å². The lowest BCUT2D eigenvalue weighted by molar-refractivity contribution is -0.184. The number of carboxylic acids is 1. The van der Waals surface area contributed by atoms with E-state index < -0.39 is 42.7 Å². The van der Waals surface area contributed by atoms with E-state index in [2.05, 4.69) is 0 Å². The van der Waals surface area contributed by atoms with E-state index in [-0.39, 0.29) is 6.04 Å². The van der Waals surface area contributed by atoms with Crippen molar-refractivity contribution in [3.8, 4) is 0 Å². The molecule has 5 unspecified atom stereocenters. The van der Waals surface area contributed by atoms with Gasteiger partial charge < -0.3 is 19.8 Å². The Bertz CT molecular complexity index is 950. The molecule has 0 aromatic heterocycles. The van der Waals surface area contributed by atoms with Crippen LogP contribution < -0.4 is 0 Å². The van der Waals surface area contributed by atoms with Crippen molar-refractivity contribution in [1.29, 1.82) is 0 Å². The second-order valence-electron chi connectivity index (χ2n) is 8.09. The fourth-order valence-corrected chi connectivity index (χ4v) is 4.60. The molecule has 1 amide bonds. The predicted octanol–water partition coefficient (Wildman–Crippen LogP) is 5.03. The van der Waals surface area contributed by atoms with Gasteiger partial charge in [0, 0.05) is 16.1 Å². The van der Waals surface area contributed by atoms with Crippen LogP contribution in [-0.4, -0.2) is 45.2 Å². The van der Waals surface area contributed by atoms with E-state index in [0.717, 1.165) is 11.1 Å². The zero-order valence-electron chi connectivity index (χ0n) is 17.9. The summed E-state index contributed by atoms with van der Waals surface area (Å²) >= 11 is 12.3. The van der Waals surface area contributed by atoms with Crippen molar-refractivity contribution in [2.75, 3.05) is 0 Å². The average Bonchev–Trinajstić information content (AvgIpc) is 2.73. The first-order chi connectivity index (χ1) is 15.2. The van der Waals surface area contributed by atoms with Gasteiger partial charge in [-0.3, -0.25) is 9.59 Å². The Labute approximate surface area is 197 Å². The quantitative estimate of drug-likeness (QED) is 0.554. The molecule has 0 bridgehead atoms. The van der Waals surface area contributed by atoms with Gasteiger partial charge in [-0.25, -0.2) is 0 Å². The maximum absolute atomic E-state index is 13.5. The van der Waals surface area contributed by atoms with Crippen LogP contribution in [-0.2, 0) is 14.3 Å². The summed E-state index contributed by atoms with van der Waals surface area (Å²) in [7, 11) is 0. The van der Waals surface area contributed by atoms with Gasteiger partial charge in [-0.05, 0) is 55.2 Å². The largest absolute Gasteiger partial charge is 0.481 e. The third-order valence-electron chi connectivity index (χ3n) is 5.65. The molecule has 0 spiro atoms. The van der Waals surface area contributed by atoms with E-state index in [0.29, 0.717) is 22.9 Å². The van der Waals surface area contributed by atoms with Gasteiger partial charge in [0.1, 0.15) is 12.2 Å². The highest BCUT2D eigenvalue weighted by atomic mass is 35.5. The third-order valence-corrected chi connectivity index (χ3v) is 6.14. The third kappa shape index (κ3) is 5.62. The maximum Gasteiger partial charge on any atom is 0.306 e. The maximum atomic E-state index is 13.5. The number of ether oxygens (including phenoxy) is 1. The number of carbonyl (C=O) groups is 2. The van der Waals surface area contributed by atoms with Crippen molar-refractivity contribution in [2.45, 2.75) is 63.5 Å². The van der Waals surface area contributed by atoms with Gasteiger partial charge in [-0.1, -0.05) is 54.4 Å². The molecular weight excluding hydrogens is 453 g/mol. The average molecular weight is 480 g/mol. The number of hydrogen-bond acceptors (Lipinski definition) is 4. The van der Waals surface area contributed by atoms with Crippen LogP contribution in [0.1, 0.15) is 56.4 Å². The minimum absolute atomic E-state index is 0.315. The molecule has 172 valence electrons. The molecule has 6 nitrogen and oxygen atoms in total. The number of aliphatic hydroxyl groups is 1. The van der Waals surface area contributed by atoms with Crippen molar-refractivity contribution in [3.63, 3.8) is 0 Å². The number of aliphatic carboxylic acids is 1. The van der Waals surface area contributed by atoms with Gasteiger partial charge in [-0.2, -0.15) is 0 Å². The van der Waals surface area contributed by atoms with Crippen molar-refractivity contribution in [3.05, 3.63) is 69.7 Å². The standard InChI is InChI=1S/C24H27Cl2NO5/c1-3-19(11-14(2)28)27-22(15-7-9-17(25)10-8-15)23(16-5-4-6-18(26)12-16)32-20(24(27)31)13-21(29)30/h4-10,12,14,19-20,22-23,28H,3,11,13H2,1-2H3,(H,29,30). The molecule has 32 heavy (non-hydrogen) atoms. The summed E-state index contributed by atoms with van der Waals surface area (Å²) in [6, 6.07) is 13.4. The Morgan fingerprint density at radius 3 is 2.38 bits per heavy atom. The topological polar surface area (TPSA) is 87.1 Å². The first-order valence-corrected chi connectivity index (χ1v) is 11.3. The molecule has 1 saturated heterocycles. The molecule has 2 N–H and O–H groups in total. The van der Waals surface area contributed by atoms with Crippen molar-refractivity contribution < 1.29 is 24.5 Å². The Kier molecular flexibility index (Phi) is 8.17. The zero-order chi connectivity index (χ0) is 23.4. The predicted molar refractivity (Wildman–Crippen MR) is 123 cm³/mol. The Morgan fingerprint density at radius 2 is 1.81 bits per heavy atom. The van der Waals surface area contributed by atoms with Crippen LogP contribution in [0.5, 0.6) is 0 Å². The zero-order valence-corrected chi connectivity index (χ0v) is 19.5. The molecule has 8 heteroatoms. The Hall–Kier alpha value is -2.12. The van der Waals surface area contributed by atoms with Gasteiger partial charge in [0.2, 0.25) is 0 Å². The van der Waals surface area contributed by atoms with Gasteiger partial charge >= 0.3 is 5.97 Å². The summed E-state index contributed by atoms with van der Waals surface area (Å²) < 4.78 is 6.15. The van der Waals surface area contributed by atoms with Crippen molar-refractivity contribution in [1.82, 2.24) is 4.90 Å². The van der Waals surface area contributed by atoms with E-state index in [1.807, 2.05) is 25.1 Å². The molecular formula is C24H27Cl2NO5. The Balaban J connectivity index is 2.17. The van der Waals surface area contributed by atoms with Crippen LogP contribution in [0.25, 0.3) is 0 Å². The molecule has 1 aliphatic heterocycles. The van der Waals surface area contributed by atoms with E-state index in [9.17, 15) is 19.8 Å². The number of nitrogens with zero attached hydrogens (tertiary/aromatic N) is 1. The molecule has 2 aromatic carbocycles. The first-order valence-electron chi connectivity index (χ1n) is 10.6. The summed E-state index contributed by atoms with van der Waals surface area (Å²) in [5.41, 5.74) is 1.53. The number of hydrogen-bond donors (Lipinski definition) is 2. The lowest BCUT2D eigenvalue weighted by atomic mass is 9.88. The lowest BCUT2D eigenvalue weighted by Gasteiger charge is -2.48. The molecule has 0 radical (unpaired) electrons. The normalized spacial score (nSPS) is 23.1. The number of carboxylic acid groups (broad SMARTS) is 1. The van der Waals surface area contributed by atoms with Crippen LogP contribution >= 0.6 is 23.2 Å². The fraction of sp³-hybridized carbons (Fsp3) is 0.417. The number of benzene rings is 2. The monoisotopic (exact) mass is 479 g/mol. The lowest BCUT2D eigenvalue weighted by Crippen LogP contribution is -2.55. The van der Waals surface area contributed by atoms with Crippen LogP contribution in [0.15, 0.2) is 48.5 Å². The highest BCUT2D eigenvalue weighted by molar-refractivity contribution is 6.30. The Morgan fingerprint density at radius 1 is 1.12 bits per heavy atom. The van der Waals surface area contributed by atoms with Crippen molar-refractivity contribution >= 4 is 35.1 Å². The molecule has 0 aliphatic carbocycles. The first kappa shape index (κ1) is 24.5. The van der Waals surface area contributed by atoms with Crippen LogP contribution in [0.2, 0.25) is 10.0 Å².